The van der Waals surface area contributed by atoms with Gasteiger partial charge >= 0.3 is 0 Å². The number of fused-ring (bicyclic) bond motifs is 1. The predicted octanol–water partition coefficient (Wildman–Crippen LogP) is 4.31. The number of carbonyl (C=O) groups excluding carboxylic acids is 1. The number of ketones is 1. The zero-order chi connectivity index (χ0) is 15.7. The molecule has 2 rings (SSSR count). The Hall–Kier alpha value is -0.193. The van der Waals surface area contributed by atoms with Crippen LogP contribution in [-0.4, -0.2) is 31.9 Å². The standard InChI is InChI=1S/C17H32O3Si/c1-17(2,20-21(3,4)5)10-6-7-15-12-13-11-14(18)8-9-16(13)19-15/h13,15-16H,6-12H2,1-5H3. The summed E-state index contributed by atoms with van der Waals surface area (Å²) >= 11 is 0. The third kappa shape index (κ3) is 5.50. The van der Waals surface area contributed by atoms with E-state index in [0.29, 0.717) is 23.9 Å². The van der Waals surface area contributed by atoms with Crippen LogP contribution in [0.15, 0.2) is 0 Å². The van der Waals surface area contributed by atoms with Crippen LogP contribution in [0, 0.1) is 5.92 Å². The second-order valence-corrected chi connectivity index (χ2v) is 12.9. The highest BCUT2D eigenvalue weighted by molar-refractivity contribution is 6.69. The summed E-state index contributed by atoms with van der Waals surface area (Å²) in [5.41, 5.74) is -0.0220. The Labute approximate surface area is 130 Å². The molecule has 2 fully saturated rings. The van der Waals surface area contributed by atoms with Gasteiger partial charge in [-0.2, -0.15) is 0 Å². The summed E-state index contributed by atoms with van der Waals surface area (Å²) in [5, 5.41) is 0. The molecule has 0 aromatic rings. The molecule has 0 amide bonds. The quantitative estimate of drug-likeness (QED) is 0.685. The van der Waals surface area contributed by atoms with Gasteiger partial charge in [0.15, 0.2) is 8.32 Å². The van der Waals surface area contributed by atoms with E-state index >= 15 is 0 Å². The van der Waals surface area contributed by atoms with Crippen LogP contribution in [0.2, 0.25) is 19.6 Å². The number of hydrogen-bond donors (Lipinski definition) is 0. The van der Waals surface area contributed by atoms with Crippen molar-refractivity contribution in [1.82, 2.24) is 0 Å². The van der Waals surface area contributed by atoms with Crippen molar-refractivity contribution in [3.05, 3.63) is 0 Å². The Morgan fingerprint density at radius 2 is 2.05 bits per heavy atom. The number of rotatable bonds is 6. The monoisotopic (exact) mass is 312 g/mol. The Morgan fingerprint density at radius 3 is 2.71 bits per heavy atom. The third-order valence-electron chi connectivity index (χ3n) is 4.54. The molecular weight excluding hydrogens is 280 g/mol. The van der Waals surface area contributed by atoms with Gasteiger partial charge in [-0.25, -0.2) is 0 Å². The van der Waals surface area contributed by atoms with Gasteiger partial charge in [-0.3, -0.25) is 4.79 Å². The maximum absolute atomic E-state index is 11.5. The third-order valence-corrected chi connectivity index (χ3v) is 5.71. The lowest BCUT2D eigenvalue weighted by atomic mass is 9.84. The molecule has 3 unspecified atom stereocenters. The molecule has 0 aromatic heterocycles. The van der Waals surface area contributed by atoms with Gasteiger partial charge in [0.2, 0.25) is 0 Å². The fourth-order valence-electron chi connectivity index (χ4n) is 3.94. The van der Waals surface area contributed by atoms with Crippen molar-refractivity contribution in [1.29, 1.82) is 0 Å². The summed E-state index contributed by atoms with van der Waals surface area (Å²) in [6.07, 6.45) is 7.60. The van der Waals surface area contributed by atoms with E-state index < -0.39 is 8.32 Å². The van der Waals surface area contributed by atoms with Crippen molar-refractivity contribution in [3.8, 4) is 0 Å². The van der Waals surface area contributed by atoms with Crippen LogP contribution < -0.4 is 0 Å². The SMILES string of the molecule is CC(C)(CCCC1CC2CC(=O)CCC2O1)O[Si](C)(C)C. The molecule has 1 aliphatic heterocycles. The maximum Gasteiger partial charge on any atom is 0.184 e. The van der Waals surface area contributed by atoms with Gasteiger partial charge in [-0.1, -0.05) is 0 Å². The Morgan fingerprint density at radius 1 is 1.33 bits per heavy atom. The molecule has 0 radical (unpaired) electrons. The van der Waals surface area contributed by atoms with Crippen molar-refractivity contribution >= 4 is 14.1 Å². The number of ether oxygens (including phenoxy) is 1. The Balaban J connectivity index is 1.71. The molecule has 3 nitrogen and oxygen atoms in total. The molecule has 1 saturated carbocycles. The van der Waals surface area contributed by atoms with Crippen molar-refractivity contribution in [2.45, 2.75) is 96.2 Å². The molecule has 0 spiro atoms. The lowest BCUT2D eigenvalue weighted by molar-refractivity contribution is -0.123. The molecule has 21 heavy (non-hydrogen) atoms. The van der Waals surface area contributed by atoms with E-state index in [1.807, 2.05) is 0 Å². The first-order valence-corrected chi connectivity index (χ1v) is 11.9. The second kappa shape index (κ2) is 6.51. The highest BCUT2D eigenvalue weighted by atomic mass is 28.4. The van der Waals surface area contributed by atoms with Crippen LogP contribution >= 0.6 is 0 Å². The lowest BCUT2D eigenvalue weighted by Gasteiger charge is -2.33. The average Bonchev–Trinajstić information content (AvgIpc) is 2.66. The molecule has 0 aromatic carbocycles. The molecule has 4 heteroatoms. The van der Waals surface area contributed by atoms with E-state index in [1.54, 1.807) is 0 Å². The molecule has 1 heterocycles. The predicted molar refractivity (Wildman–Crippen MR) is 88.0 cm³/mol. The zero-order valence-electron chi connectivity index (χ0n) is 14.4. The molecule has 2 aliphatic rings. The van der Waals surface area contributed by atoms with E-state index in [4.69, 9.17) is 9.16 Å². The first-order valence-electron chi connectivity index (χ1n) is 8.52. The fourth-order valence-corrected chi connectivity index (χ4v) is 5.70. The topological polar surface area (TPSA) is 35.5 Å². The van der Waals surface area contributed by atoms with E-state index in [9.17, 15) is 4.79 Å². The normalized spacial score (nSPS) is 30.5. The van der Waals surface area contributed by atoms with E-state index in [2.05, 4.69) is 33.5 Å². The zero-order valence-corrected chi connectivity index (χ0v) is 15.4. The van der Waals surface area contributed by atoms with Crippen LogP contribution in [0.5, 0.6) is 0 Å². The van der Waals surface area contributed by atoms with E-state index in [-0.39, 0.29) is 5.60 Å². The summed E-state index contributed by atoms with van der Waals surface area (Å²) in [5.74, 6) is 0.938. The van der Waals surface area contributed by atoms with E-state index in [1.165, 1.54) is 0 Å². The highest BCUT2D eigenvalue weighted by Crippen LogP contribution is 2.38. The Bertz CT molecular complexity index is 373. The van der Waals surface area contributed by atoms with Crippen LogP contribution in [0.1, 0.15) is 58.8 Å². The summed E-state index contributed by atoms with van der Waals surface area (Å²) < 4.78 is 12.4. The summed E-state index contributed by atoms with van der Waals surface area (Å²) in [6, 6.07) is 0. The van der Waals surface area contributed by atoms with Crippen LogP contribution in [0.3, 0.4) is 0 Å². The summed E-state index contributed by atoms with van der Waals surface area (Å²) in [7, 11) is -1.48. The first kappa shape index (κ1) is 17.2. The van der Waals surface area contributed by atoms with E-state index in [0.717, 1.165) is 44.9 Å². The van der Waals surface area contributed by atoms with Crippen LogP contribution in [-0.2, 0) is 14.0 Å². The highest BCUT2D eigenvalue weighted by Gasteiger charge is 2.39. The van der Waals surface area contributed by atoms with Gasteiger partial charge in [-0.15, -0.1) is 0 Å². The molecular formula is C17H32O3Si. The van der Waals surface area contributed by atoms with Crippen LogP contribution in [0.4, 0.5) is 0 Å². The van der Waals surface area contributed by atoms with Crippen LogP contribution in [0.25, 0.3) is 0 Å². The smallest absolute Gasteiger partial charge is 0.184 e. The lowest BCUT2D eigenvalue weighted by Crippen LogP contribution is -2.38. The summed E-state index contributed by atoms with van der Waals surface area (Å²) in [6.45, 7) is 11.2. The van der Waals surface area contributed by atoms with Gasteiger partial charge in [0.1, 0.15) is 5.78 Å². The van der Waals surface area contributed by atoms with Crippen molar-refractivity contribution in [3.63, 3.8) is 0 Å². The average molecular weight is 313 g/mol. The fraction of sp³-hybridized carbons (Fsp3) is 0.941. The van der Waals surface area contributed by atoms with Gasteiger partial charge in [0.05, 0.1) is 17.8 Å². The minimum Gasteiger partial charge on any atom is -0.413 e. The van der Waals surface area contributed by atoms with Crippen molar-refractivity contribution in [2.24, 2.45) is 5.92 Å². The van der Waals surface area contributed by atoms with Gasteiger partial charge in [-0.05, 0) is 71.5 Å². The molecule has 122 valence electrons. The molecule has 0 bridgehead atoms. The molecule has 3 atom stereocenters. The molecule has 1 aliphatic carbocycles. The van der Waals surface area contributed by atoms with Gasteiger partial charge in [0, 0.05) is 12.8 Å². The Kier molecular flexibility index (Phi) is 5.32. The number of carbonyl (C=O) groups is 1. The minimum atomic E-state index is -1.48. The minimum absolute atomic E-state index is 0.0220. The summed E-state index contributed by atoms with van der Waals surface area (Å²) in [4.78, 5) is 11.5. The number of Topliss-reactive ketones (excluding diaryl/α,β-unsaturated/α-hetero) is 1. The number of hydrogen-bond acceptors (Lipinski definition) is 3. The molecule has 0 N–H and O–H groups in total. The molecule has 1 saturated heterocycles. The second-order valence-electron chi connectivity index (χ2n) is 8.44. The van der Waals surface area contributed by atoms with Gasteiger partial charge in [0.25, 0.3) is 0 Å². The van der Waals surface area contributed by atoms with Gasteiger partial charge < -0.3 is 9.16 Å². The maximum atomic E-state index is 11.5. The van der Waals surface area contributed by atoms with Crippen molar-refractivity contribution in [2.75, 3.05) is 0 Å². The van der Waals surface area contributed by atoms with Crippen molar-refractivity contribution < 1.29 is 14.0 Å². The first-order chi connectivity index (χ1) is 9.65. The largest absolute Gasteiger partial charge is 0.413 e.